The first-order valence-corrected chi connectivity index (χ1v) is 6.00. The third kappa shape index (κ3) is 4.27. The van der Waals surface area contributed by atoms with Crippen molar-refractivity contribution in [3.8, 4) is 5.75 Å². The molecule has 1 amide bonds. The fourth-order valence-electron chi connectivity index (χ4n) is 1.23. The number of ether oxygens (including phenoxy) is 1. The Labute approximate surface area is 107 Å². The second-order valence-electron chi connectivity index (χ2n) is 4.71. The molecular weight excluding hydrogens is 238 g/mol. The SMILES string of the molecule is COc1cccc(C(=O)NCC(C)(C)CCl)c1. The maximum Gasteiger partial charge on any atom is 0.251 e. The van der Waals surface area contributed by atoms with Crippen LogP contribution in [0.3, 0.4) is 0 Å². The van der Waals surface area contributed by atoms with Crippen molar-refractivity contribution in [2.75, 3.05) is 19.5 Å². The lowest BCUT2D eigenvalue weighted by atomic mass is 9.96. The molecule has 0 bridgehead atoms. The summed E-state index contributed by atoms with van der Waals surface area (Å²) in [6, 6.07) is 7.06. The molecule has 0 aromatic heterocycles. The Morgan fingerprint density at radius 2 is 2.18 bits per heavy atom. The largest absolute Gasteiger partial charge is 0.497 e. The number of hydrogen-bond donors (Lipinski definition) is 1. The van der Waals surface area contributed by atoms with E-state index in [9.17, 15) is 4.79 Å². The van der Waals surface area contributed by atoms with Crippen LogP contribution in [0.4, 0.5) is 0 Å². The number of rotatable bonds is 5. The van der Waals surface area contributed by atoms with E-state index in [1.54, 1.807) is 31.4 Å². The van der Waals surface area contributed by atoms with Crippen LogP contribution in [0.2, 0.25) is 0 Å². The Bertz CT molecular complexity index is 391. The van der Waals surface area contributed by atoms with E-state index in [2.05, 4.69) is 5.32 Å². The third-order valence-electron chi connectivity index (χ3n) is 2.42. The quantitative estimate of drug-likeness (QED) is 0.822. The molecular formula is C13H18ClNO2. The highest BCUT2D eigenvalue weighted by Crippen LogP contribution is 2.16. The van der Waals surface area contributed by atoms with Crippen LogP contribution in [0.25, 0.3) is 0 Å². The number of amides is 1. The number of benzene rings is 1. The summed E-state index contributed by atoms with van der Waals surface area (Å²) < 4.78 is 5.07. The van der Waals surface area contributed by atoms with E-state index in [4.69, 9.17) is 16.3 Å². The molecule has 1 rings (SSSR count). The van der Waals surface area contributed by atoms with Gasteiger partial charge in [0.1, 0.15) is 5.75 Å². The Morgan fingerprint density at radius 1 is 1.47 bits per heavy atom. The van der Waals surface area contributed by atoms with Crippen LogP contribution in [0.5, 0.6) is 5.75 Å². The second kappa shape index (κ2) is 5.92. The van der Waals surface area contributed by atoms with E-state index in [0.717, 1.165) is 0 Å². The van der Waals surface area contributed by atoms with Gasteiger partial charge in [-0.2, -0.15) is 0 Å². The van der Waals surface area contributed by atoms with Crippen LogP contribution in [0, 0.1) is 5.41 Å². The molecule has 0 aliphatic rings. The zero-order chi connectivity index (χ0) is 12.9. The van der Waals surface area contributed by atoms with E-state index in [0.29, 0.717) is 23.7 Å². The molecule has 1 aromatic rings. The third-order valence-corrected chi connectivity index (χ3v) is 3.14. The van der Waals surface area contributed by atoms with Crippen LogP contribution in [0.15, 0.2) is 24.3 Å². The molecule has 0 radical (unpaired) electrons. The van der Waals surface area contributed by atoms with Gasteiger partial charge in [-0.05, 0) is 23.6 Å². The fraction of sp³-hybridized carbons (Fsp3) is 0.462. The minimum absolute atomic E-state index is 0.101. The van der Waals surface area contributed by atoms with E-state index < -0.39 is 0 Å². The van der Waals surface area contributed by atoms with Crippen molar-refractivity contribution in [2.45, 2.75) is 13.8 Å². The number of nitrogens with one attached hydrogen (secondary N) is 1. The zero-order valence-electron chi connectivity index (χ0n) is 10.4. The van der Waals surface area contributed by atoms with Crippen molar-refractivity contribution in [1.82, 2.24) is 5.32 Å². The zero-order valence-corrected chi connectivity index (χ0v) is 11.2. The fourth-order valence-corrected chi connectivity index (χ4v) is 1.33. The van der Waals surface area contributed by atoms with Gasteiger partial charge in [0.05, 0.1) is 7.11 Å². The summed E-state index contributed by atoms with van der Waals surface area (Å²) in [5, 5.41) is 2.86. The predicted octanol–water partition coefficient (Wildman–Crippen LogP) is 2.69. The van der Waals surface area contributed by atoms with Crippen molar-refractivity contribution in [1.29, 1.82) is 0 Å². The molecule has 0 spiro atoms. The van der Waals surface area contributed by atoms with Gasteiger partial charge in [-0.3, -0.25) is 4.79 Å². The summed E-state index contributed by atoms with van der Waals surface area (Å²) in [7, 11) is 1.58. The lowest BCUT2D eigenvalue weighted by Gasteiger charge is -2.21. The molecule has 0 atom stereocenters. The maximum absolute atomic E-state index is 11.9. The van der Waals surface area contributed by atoms with Gasteiger partial charge >= 0.3 is 0 Å². The Kier molecular flexibility index (Phi) is 4.82. The normalized spacial score (nSPS) is 11.1. The van der Waals surface area contributed by atoms with Gasteiger partial charge in [0, 0.05) is 18.0 Å². The highest BCUT2D eigenvalue weighted by Gasteiger charge is 2.17. The summed E-state index contributed by atoms with van der Waals surface area (Å²) in [6.45, 7) is 4.56. The predicted molar refractivity (Wildman–Crippen MR) is 69.8 cm³/mol. The topological polar surface area (TPSA) is 38.3 Å². The Balaban J connectivity index is 2.64. The summed E-state index contributed by atoms with van der Waals surface area (Å²) in [5.74, 6) is 1.07. The first-order chi connectivity index (χ1) is 7.98. The number of alkyl halides is 1. The van der Waals surface area contributed by atoms with E-state index in [1.807, 2.05) is 13.8 Å². The van der Waals surface area contributed by atoms with Gasteiger partial charge < -0.3 is 10.1 Å². The number of halogens is 1. The molecule has 94 valence electrons. The van der Waals surface area contributed by atoms with E-state index in [-0.39, 0.29) is 11.3 Å². The molecule has 0 heterocycles. The standard InChI is InChI=1S/C13H18ClNO2/c1-13(2,8-14)9-15-12(16)10-5-4-6-11(7-10)17-3/h4-7H,8-9H2,1-3H3,(H,15,16). The van der Waals surface area contributed by atoms with Crippen LogP contribution in [-0.2, 0) is 0 Å². The first-order valence-electron chi connectivity index (χ1n) is 5.47. The van der Waals surface area contributed by atoms with Crippen LogP contribution < -0.4 is 10.1 Å². The summed E-state index contributed by atoms with van der Waals surface area (Å²) in [6.07, 6.45) is 0. The number of carbonyl (C=O) groups excluding carboxylic acids is 1. The van der Waals surface area contributed by atoms with Gasteiger partial charge in [0.2, 0.25) is 0 Å². The van der Waals surface area contributed by atoms with Gasteiger partial charge in [0.25, 0.3) is 5.91 Å². The van der Waals surface area contributed by atoms with Crippen molar-refractivity contribution in [2.24, 2.45) is 5.41 Å². The molecule has 0 aliphatic carbocycles. The van der Waals surface area contributed by atoms with E-state index in [1.165, 1.54) is 0 Å². The molecule has 4 heteroatoms. The molecule has 0 aliphatic heterocycles. The Hall–Kier alpha value is -1.22. The molecule has 0 unspecified atom stereocenters. The minimum atomic E-state index is -0.109. The summed E-state index contributed by atoms with van der Waals surface area (Å²) >= 11 is 5.80. The van der Waals surface area contributed by atoms with Crippen molar-refractivity contribution >= 4 is 17.5 Å². The molecule has 0 fully saturated rings. The summed E-state index contributed by atoms with van der Waals surface area (Å²) in [5.41, 5.74) is 0.491. The lowest BCUT2D eigenvalue weighted by Crippen LogP contribution is -2.34. The summed E-state index contributed by atoms with van der Waals surface area (Å²) in [4.78, 5) is 11.9. The highest BCUT2D eigenvalue weighted by molar-refractivity contribution is 6.18. The molecule has 0 saturated carbocycles. The minimum Gasteiger partial charge on any atom is -0.497 e. The first kappa shape index (κ1) is 13.8. The van der Waals surface area contributed by atoms with Crippen molar-refractivity contribution in [3.05, 3.63) is 29.8 Å². The van der Waals surface area contributed by atoms with Crippen LogP contribution in [-0.4, -0.2) is 25.4 Å². The van der Waals surface area contributed by atoms with Gasteiger partial charge in [-0.25, -0.2) is 0 Å². The molecule has 1 aromatic carbocycles. The number of carbonyl (C=O) groups is 1. The van der Waals surface area contributed by atoms with Crippen molar-refractivity contribution in [3.63, 3.8) is 0 Å². The lowest BCUT2D eigenvalue weighted by molar-refractivity contribution is 0.0939. The molecule has 1 N–H and O–H groups in total. The molecule has 0 saturated heterocycles. The average molecular weight is 256 g/mol. The van der Waals surface area contributed by atoms with Gasteiger partial charge in [0.15, 0.2) is 0 Å². The number of hydrogen-bond acceptors (Lipinski definition) is 2. The second-order valence-corrected chi connectivity index (χ2v) is 4.98. The van der Waals surface area contributed by atoms with Crippen LogP contribution >= 0.6 is 11.6 Å². The molecule has 3 nitrogen and oxygen atoms in total. The Morgan fingerprint density at radius 3 is 2.76 bits per heavy atom. The van der Waals surface area contributed by atoms with Gasteiger partial charge in [-0.15, -0.1) is 11.6 Å². The van der Waals surface area contributed by atoms with Gasteiger partial charge in [-0.1, -0.05) is 19.9 Å². The smallest absolute Gasteiger partial charge is 0.251 e. The number of methoxy groups -OCH3 is 1. The van der Waals surface area contributed by atoms with Crippen molar-refractivity contribution < 1.29 is 9.53 Å². The average Bonchev–Trinajstić information content (AvgIpc) is 2.36. The maximum atomic E-state index is 11.9. The highest BCUT2D eigenvalue weighted by atomic mass is 35.5. The molecule has 17 heavy (non-hydrogen) atoms. The van der Waals surface area contributed by atoms with E-state index >= 15 is 0 Å². The van der Waals surface area contributed by atoms with Crippen LogP contribution in [0.1, 0.15) is 24.2 Å². The monoisotopic (exact) mass is 255 g/mol.